The molecule has 0 bridgehead atoms. The molecule has 0 spiro atoms. The van der Waals surface area contributed by atoms with Crippen molar-refractivity contribution in [2.75, 3.05) is 26.2 Å². The normalized spacial score (nSPS) is 22.9. The fraction of sp³-hybridized carbons (Fsp3) is 0.917. The summed E-state index contributed by atoms with van der Waals surface area (Å²) in [5.41, 5.74) is 0. The van der Waals surface area contributed by atoms with Crippen molar-refractivity contribution in [3.8, 4) is 0 Å². The molecule has 0 aromatic rings. The molecule has 3 heteroatoms. The summed E-state index contributed by atoms with van der Waals surface area (Å²) in [4.78, 5) is 13.6. The number of nitrogens with zero attached hydrogens (tertiary/aromatic N) is 1. The van der Waals surface area contributed by atoms with Crippen LogP contribution in [0, 0.1) is 0 Å². The van der Waals surface area contributed by atoms with E-state index in [2.05, 4.69) is 11.8 Å². The summed E-state index contributed by atoms with van der Waals surface area (Å²) in [5, 5.41) is 0. The number of rotatable bonds is 6. The van der Waals surface area contributed by atoms with Gasteiger partial charge < -0.3 is 4.74 Å². The average Bonchev–Trinajstić information content (AvgIpc) is 2.26. The van der Waals surface area contributed by atoms with E-state index in [0.29, 0.717) is 24.9 Å². The lowest BCUT2D eigenvalue weighted by molar-refractivity contribution is -0.120. The van der Waals surface area contributed by atoms with Crippen molar-refractivity contribution in [1.29, 1.82) is 0 Å². The Labute approximate surface area is 92.8 Å². The van der Waals surface area contributed by atoms with Crippen LogP contribution in [0.5, 0.6) is 0 Å². The van der Waals surface area contributed by atoms with Gasteiger partial charge in [-0.2, -0.15) is 0 Å². The van der Waals surface area contributed by atoms with Gasteiger partial charge in [0.15, 0.2) is 0 Å². The highest BCUT2D eigenvalue weighted by atomic mass is 16.5. The van der Waals surface area contributed by atoms with Crippen LogP contribution in [0.25, 0.3) is 0 Å². The van der Waals surface area contributed by atoms with E-state index in [1.54, 1.807) is 0 Å². The zero-order valence-corrected chi connectivity index (χ0v) is 10.00. The van der Waals surface area contributed by atoms with E-state index in [0.717, 1.165) is 39.0 Å². The van der Waals surface area contributed by atoms with Crippen molar-refractivity contribution >= 4 is 5.78 Å². The van der Waals surface area contributed by atoms with E-state index in [9.17, 15) is 4.79 Å². The third-order valence-corrected chi connectivity index (χ3v) is 2.81. The number of Topliss-reactive ketones (excluding diaryl/α,β-unsaturated/α-hetero) is 1. The van der Waals surface area contributed by atoms with E-state index in [-0.39, 0.29) is 0 Å². The van der Waals surface area contributed by atoms with Crippen LogP contribution in [0.4, 0.5) is 0 Å². The molecule has 0 saturated carbocycles. The second-order valence-corrected chi connectivity index (χ2v) is 4.26. The Hall–Kier alpha value is -0.410. The molecule has 1 heterocycles. The van der Waals surface area contributed by atoms with Crippen LogP contribution < -0.4 is 0 Å². The van der Waals surface area contributed by atoms with Crippen LogP contribution in [0.2, 0.25) is 0 Å². The Bertz CT molecular complexity index is 194. The highest BCUT2D eigenvalue weighted by Gasteiger charge is 2.21. The summed E-state index contributed by atoms with van der Waals surface area (Å²) >= 11 is 0. The molecule has 1 atom stereocenters. The molecule has 3 nitrogen and oxygen atoms in total. The highest BCUT2D eigenvalue weighted by Crippen LogP contribution is 2.13. The molecule has 88 valence electrons. The molecule has 0 N–H and O–H groups in total. The van der Waals surface area contributed by atoms with Crippen LogP contribution in [0.15, 0.2) is 0 Å². The van der Waals surface area contributed by atoms with Gasteiger partial charge in [-0.15, -0.1) is 0 Å². The Morgan fingerprint density at radius 3 is 2.93 bits per heavy atom. The number of likely N-dealkylation sites (tertiary alicyclic amines) is 1. The molecule has 1 fully saturated rings. The molecule has 1 aliphatic rings. The molecular weight excluding hydrogens is 190 g/mol. The molecule has 0 aliphatic carbocycles. The number of hydrogen-bond acceptors (Lipinski definition) is 3. The van der Waals surface area contributed by atoms with Crippen LogP contribution in [-0.4, -0.2) is 43.0 Å². The monoisotopic (exact) mass is 213 g/mol. The summed E-state index contributed by atoms with van der Waals surface area (Å²) in [6, 6.07) is 0. The zero-order valence-electron chi connectivity index (χ0n) is 10.00. The first kappa shape index (κ1) is 12.7. The first-order valence-electron chi connectivity index (χ1n) is 6.12. The molecule has 1 saturated heterocycles. The summed E-state index contributed by atoms with van der Waals surface area (Å²) in [7, 11) is 0. The third kappa shape index (κ3) is 4.76. The SMILES string of the molecule is CCCOC1CCCN(CC(=O)CC)C1. The summed E-state index contributed by atoms with van der Waals surface area (Å²) in [6.07, 6.45) is 4.38. The van der Waals surface area contributed by atoms with Crippen molar-refractivity contribution in [2.24, 2.45) is 0 Å². The fourth-order valence-corrected chi connectivity index (χ4v) is 1.94. The number of hydrogen-bond donors (Lipinski definition) is 0. The number of carbonyl (C=O) groups excluding carboxylic acids is 1. The van der Waals surface area contributed by atoms with Gasteiger partial charge in [0.1, 0.15) is 5.78 Å². The van der Waals surface area contributed by atoms with Gasteiger partial charge in [-0.3, -0.25) is 9.69 Å². The third-order valence-electron chi connectivity index (χ3n) is 2.81. The predicted molar refractivity (Wildman–Crippen MR) is 61.0 cm³/mol. The van der Waals surface area contributed by atoms with Gasteiger partial charge in [0, 0.05) is 19.6 Å². The van der Waals surface area contributed by atoms with Gasteiger partial charge in [-0.1, -0.05) is 13.8 Å². The minimum absolute atomic E-state index is 0.339. The van der Waals surface area contributed by atoms with E-state index in [4.69, 9.17) is 4.74 Å². The van der Waals surface area contributed by atoms with E-state index < -0.39 is 0 Å². The molecule has 0 amide bonds. The fourth-order valence-electron chi connectivity index (χ4n) is 1.94. The first-order valence-corrected chi connectivity index (χ1v) is 6.12. The largest absolute Gasteiger partial charge is 0.377 e. The Balaban J connectivity index is 2.25. The summed E-state index contributed by atoms with van der Waals surface area (Å²) < 4.78 is 5.72. The summed E-state index contributed by atoms with van der Waals surface area (Å²) in [6.45, 7) is 7.50. The number of ketones is 1. The standard InChI is InChI=1S/C12H23NO2/c1-3-8-15-12-6-5-7-13(10-12)9-11(14)4-2/h12H,3-10H2,1-2H3. The predicted octanol–water partition coefficient (Wildman–Crippen LogP) is 1.86. The minimum Gasteiger partial charge on any atom is -0.377 e. The minimum atomic E-state index is 0.339. The average molecular weight is 213 g/mol. The van der Waals surface area contributed by atoms with Gasteiger partial charge >= 0.3 is 0 Å². The van der Waals surface area contributed by atoms with Crippen molar-refractivity contribution in [3.05, 3.63) is 0 Å². The van der Waals surface area contributed by atoms with Gasteiger partial charge in [0.05, 0.1) is 12.6 Å². The molecule has 1 unspecified atom stereocenters. The number of piperidine rings is 1. The lowest BCUT2D eigenvalue weighted by atomic mass is 10.1. The summed E-state index contributed by atoms with van der Waals surface area (Å²) in [5.74, 6) is 0.339. The molecule has 0 radical (unpaired) electrons. The topological polar surface area (TPSA) is 29.5 Å². The molecule has 15 heavy (non-hydrogen) atoms. The highest BCUT2D eigenvalue weighted by molar-refractivity contribution is 5.80. The molecular formula is C12H23NO2. The van der Waals surface area contributed by atoms with Gasteiger partial charge in [0.25, 0.3) is 0 Å². The molecule has 1 rings (SSSR count). The van der Waals surface area contributed by atoms with Crippen molar-refractivity contribution in [3.63, 3.8) is 0 Å². The second-order valence-electron chi connectivity index (χ2n) is 4.26. The molecule has 1 aliphatic heterocycles. The van der Waals surface area contributed by atoms with Gasteiger partial charge in [-0.25, -0.2) is 0 Å². The lowest BCUT2D eigenvalue weighted by Gasteiger charge is -2.32. The number of carbonyl (C=O) groups is 1. The van der Waals surface area contributed by atoms with E-state index >= 15 is 0 Å². The molecule has 0 aromatic carbocycles. The van der Waals surface area contributed by atoms with Gasteiger partial charge in [-0.05, 0) is 25.8 Å². The first-order chi connectivity index (χ1) is 7.26. The van der Waals surface area contributed by atoms with Crippen LogP contribution in [0.3, 0.4) is 0 Å². The van der Waals surface area contributed by atoms with Crippen molar-refractivity contribution < 1.29 is 9.53 Å². The van der Waals surface area contributed by atoms with Crippen LogP contribution in [-0.2, 0) is 9.53 Å². The Morgan fingerprint density at radius 1 is 1.47 bits per heavy atom. The second kappa shape index (κ2) is 6.96. The maximum absolute atomic E-state index is 11.3. The lowest BCUT2D eigenvalue weighted by Crippen LogP contribution is -2.42. The van der Waals surface area contributed by atoms with E-state index in [1.165, 1.54) is 0 Å². The molecule has 0 aromatic heterocycles. The van der Waals surface area contributed by atoms with Gasteiger partial charge in [0.2, 0.25) is 0 Å². The zero-order chi connectivity index (χ0) is 11.1. The van der Waals surface area contributed by atoms with Crippen LogP contribution in [0.1, 0.15) is 39.5 Å². The Morgan fingerprint density at radius 2 is 2.27 bits per heavy atom. The maximum Gasteiger partial charge on any atom is 0.146 e. The maximum atomic E-state index is 11.3. The van der Waals surface area contributed by atoms with E-state index in [1.807, 2.05) is 6.92 Å². The van der Waals surface area contributed by atoms with Crippen molar-refractivity contribution in [1.82, 2.24) is 4.90 Å². The quantitative estimate of drug-likeness (QED) is 0.674. The smallest absolute Gasteiger partial charge is 0.146 e. The number of ether oxygens (including phenoxy) is 1. The van der Waals surface area contributed by atoms with Crippen LogP contribution >= 0.6 is 0 Å². The van der Waals surface area contributed by atoms with Crippen molar-refractivity contribution in [2.45, 2.75) is 45.6 Å². The Kier molecular flexibility index (Phi) is 5.88.